The fourth-order valence-electron chi connectivity index (χ4n) is 2.05. The molecule has 0 aliphatic heterocycles. The molecular formula is C17H21NO3. The molecule has 0 fully saturated rings. The standard InChI is InChI=1S/C17H21NO3/c1-12(18-2)14-7-8-16(17(10-14)20-3)21-11-13-5-4-6-15(19)9-13/h4-10,12,18-19H,11H2,1-3H3. The van der Waals surface area contributed by atoms with Gasteiger partial charge in [0, 0.05) is 6.04 Å². The van der Waals surface area contributed by atoms with Crippen molar-refractivity contribution in [3.05, 3.63) is 53.6 Å². The first kappa shape index (κ1) is 15.2. The lowest BCUT2D eigenvalue weighted by Gasteiger charge is -2.15. The van der Waals surface area contributed by atoms with Crippen LogP contribution in [0.4, 0.5) is 0 Å². The van der Waals surface area contributed by atoms with Crippen molar-refractivity contribution in [3.8, 4) is 17.2 Å². The van der Waals surface area contributed by atoms with Crippen molar-refractivity contribution >= 4 is 0 Å². The van der Waals surface area contributed by atoms with E-state index in [-0.39, 0.29) is 11.8 Å². The van der Waals surface area contributed by atoms with Crippen LogP contribution in [0.3, 0.4) is 0 Å². The first-order chi connectivity index (χ1) is 10.1. The second kappa shape index (κ2) is 6.99. The van der Waals surface area contributed by atoms with Gasteiger partial charge in [-0.3, -0.25) is 0 Å². The summed E-state index contributed by atoms with van der Waals surface area (Å²) >= 11 is 0. The van der Waals surface area contributed by atoms with Crippen molar-refractivity contribution in [3.63, 3.8) is 0 Å². The van der Waals surface area contributed by atoms with Gasteiger partial charge in [0.1, 0.15) is 12.4 Å². The van der Waals surface area contributed by atoms with E-state index >= 15 is 0 Å². The Labute approximate surface area is 125 Å². The third-order valence-electron chi connectivity index (χ3n) is 3.43. The van der Waals surface area contributed by atoms with E-state index in [0.29, 0.717) is 18.1 Å². The number of hydrogen-bond acceptors (Lipinski definition) is 4. The Bertz CT molecular complexity index is 598. The number of phenolic OH excluding ortho intramolecular Hbond substituents is 1. The zero-order chi connectivity index (χ0) is 15.2. The third-order valence-corrected chi connectivity index (χ3v) is 3.43. The largest absolute Gasteiger partial charge is 0.508 e. The van der Waals surface area contributed by atoms with Crippen LogP contribution in [0.2, 0.25) is 0 Å². The summed E-state index contributed by atoms with van der Waals surface area (Å²) < 4.78 is 11.2. The molecule has 0 aromatic heterocycles. The zero-order valence-corrected chi connectivity index (χ0v) is 12.6. The molecule has 0 saturated heterocycles. The lowest BCUT2D eigenvalue weighted by Crippen LogP contribution is -2.12. The van der Waals surface area contributed by atoms with Crippen LogP contribution in [-0.4, -0.2) is 19.3 Å². The Morgan fingerprint density at radius 2 is 1.95 bits per heavy atom. The van der Waals surface area contributed by atoms with Crippen LogP contribution < -0.4 is 14.8 Å². The molecule has 1 atom stereocenters. The van der Waals surface area contributed by atoms with Crippen molar-refractivity contribution in [2.24, 2.45) is 0 Å². The highest BCUT2D eigenvalue weighted by atomic mass is 16.5. The molecule has 0 spiro atoms. The van der Waals surface area contributed by atoms with Gasteiger partial charge in [-0.1, -0.05) is 18.2 Å². The van der Waals surface area contributed by atoms with Gasteiger partial charge in [0.05, 0.1) is 7.11 Å². The van der Waals surface area contributed by atoms with Crippen LogP contribution in [0.1, 0.15) is 24.1 Å². The van der Waals surface area contributed by atoms with Crippen LogP contribution in [0.15, 0.2) is 42.5 Å². The predicted molar refractivity (Wildman–Crippen MR) is 82.9 cm³/mol. The minimum atomic E-state index is 0.237. The Morgan fingerprint density at radius 3 is 2.62 bits per heavy atom. The molecule has 0 saturated carbocycles. The number of ether oxygens (including phenoxy) is 2. The smallest absolute Gasteiger partial charge is 0.161 e. The quantitative estimate of drug-likeness (QED) is 0.856. The maximum absolute atomic E-state index is 9.45. The maximum Gasteiger partial charge on any atom is 0.161 e. The summed E-state index contributed by atoms with van der Waals surface area (Å²) in [7, 11) is 3.55. The van der Waals surface area contributed by atoms with Gasteiger partial charge < -0.3 is 19.9 Å². The Kier molecular flexibility index (Phi) is 5.06. The molecule has 4 heteroatoms. The van der Waals surface area contributed by atoms with Crippen molar-refractivity contribution in [1.82, 2.24) is 5.32 Å². The van der Waals surface area contributed by atoms with E-state index in [1.54, 1.807) is 25.3 Å². The number of methoxy groups -OCH3 is 1. The van der Waals surface area contributed by atoms with E-state index in [4.69, 9.17) is 9.47 Å². The van der Waals surface area contributed by atoms with Crippen LogP contribution in [0.25, 0.3) is 0 Å². The topological polar surface area (TPSA) is 50.7 Å². The molecule has 0 bridgehead atoms. The van der Waals surface area contributed by atoms with Gasteiger partial charge >= 0.3 is 0 Å². The molecule has 112 valence electrons. The molecule has 2 rings (SSSR count). The van der Waals surface area contributed by atoms with Gasteiger partial charge in [-0.2, -0.15) is 0 Å². The molecule has 0 heterocycles. The fraction of sp³-hybridized carbons (Fsp3) is 0.294. The molecule has 0 amide bonds. The van der Waals surface area contributed by atoms with Crippen molar-refractivity contribution in [2.75, 3.05) is 14.2 Å². The van der Waals surface area contributed by atoms with Gasteiger partial charge in [-0.25, -0.2) is 0 Å². The highest BCUT2D eigenvalue weighted by molar-refractivity contribution is 5.44. The third kappa shape index (κ3) is 3.89. The molecule has 1 unspecified atom stereocenters. The normalized spacial score (nSPS) is 12.0. The Hall–Kier alpha value is -2.20. The SMILES string of the molecule is CNC(C)c1ccc(OCc2cccc(O)c2)c(OC)c1. The molecular weight excluding hydrogens is 266 g/mol. The first-order valence-electron chi connectivity index (χ1n) is 6.90. The first-order valence-corrected chi connectivity index (χ1v) is 6.90. The molecule has 0 aliphatic carbocycles. The lowest BCUT2D eigenvalue weighted by molar-refractivity contribution is 0.283. The summed E-state index contributed by atoms with van der Waals surface area (Å²) in [5.74, 6) is 1.63. The maximum atomic E-state index is 9.45. The van der Waals surface area contributed by atoms with Crippen LogP contribution in [-0.2, 0) is 6.61 Å². The number of hydrogen-bond donors (Lipinski definition) is 2. The second-order valence-corrected chi connectivity index (χ2v) is 4.88. The van der Waals surface area contributed by atoms with E-state index in [1.165, 1.54) is 0 Å². The Balaban J connectivity index is 2.12. The van der Waals surface area contributed by atoms with Gasteiger partial charge in [0.25, 0.3) is 0 Å². The highest BCUT2D eigenvalue weighted by Crippen LogP contribution is 2.31. The second-order valence-electron chi connectivity index (χ2n) is 4.88. The average Bonchev–Trinajstić information content (AvgIpc) is 2.52. The summed E-state index contributed by atoms with van der Waals surface area (Å²) in [6.45, 7) is 2.47. The van der Waals surface area contributed by atoms with Crippen LogP contribution >= 0.6 is 0 Å². The highest BCUT2D eigenvalue weighted by Gasteiger charge is 2.09. The van der Waals surface area contributed by atoms with Crippen molar-refractivity contribution in [1.29, 1.82) is 0 Å². The molecule has 21 heavy (non-hydrogen) atoms. The van der Waals surface area contributed by atoms with Crippen LogP contribution in [0.5, 0.6) is 17.2 Å². The fourth-order valence-corrected chi connectivity index (χ4v) is 2.05. The Morgan fingerprint density at radius 1 is 1.14 bits per heavy atom. The summed E-state index contributed by atoms with van der Waals surface area (Å²) in [6.07, 6.45) is 0. The predicted octanol–water partition coefficient (Wildman–Crippen LogP) is 3.26. The van der Waals surface area contributed by atoms with Gasteiger partial charge in [-0.15, -0.1) is 0 Å². The van der Waals surface area contributed by atoms with Crippen molar-refractivity contribution in [2.45, 2.75) is 19.6 Å². The summed E-state index contributed by atoms with van der Waals surface area (Å²) in [6, 6.07) is 13.2. The lowest BCUT2D eigenvalue weighted by atomic mass is 10.1. The van der Waals surface area contributed by atoms with E-state index in [2.05, 4.69) is 12.2 Å². The minimum absolute atomic E-state index is 0.237. The zero-order valence-electron chi connectivity index (χ0n) is 12.6. The minimum Gasteiger partial charge on any atom is -0.508 e. The molecule has 0 aliphatic rings. The number of rotatable bonds is 6. The molecule has 2 N–H and O–H groups in total. The molecule has 2 aromatic carbocycles. The van der Waals surface area contributed by atoms with E-state index in [9.17, 15) is 5.11 Å². The van der Waals surface area contributed by atoms with Gasteiger partial charge in [0.15, 0.2) is 11.5 Å². The van der Waals surface area contributed by atoms with E-state index in [0.717, 1.165) is 11.1 Å². The molecule has 2 aromatic rings. The number of phenols is 1. The van der Waals surface area contributed by atoms with Gasteiger partial charge in [0.2, 0.25) is 0 Å². The number of benzene rings is 2. The summed E-state index contributed by atoms with van der Waals surface area (Å²) in [5, 5.41) is 12.6. The average molecular weight is 287 g/mol. The van der Waals surface area contributed by atoms with Crippen LogP contribution in [0, 0.1) is 0 Å². The number of aromatic hydroxyl groups is 1. The van der Waals surface area contributed by atoms with Gasteiger partial charge in [-0.05, 0) is 49.4 Å². The monoisotopic (exact) mass is 287 g/mol. The van der Waals surface area contributed by atoms with Crippen molar-refractivity contribution < 1.29 is 14.6 Å². The summed E-state index contributed by atoms with van der Waals surface area (Å²) in [4.78, 5) is 0. The van der Waals surface area contributed by atoms with E-state index < -0.39 is 0 Å². The number of nitrogens with one attached hydrogen (secondary N) is 1. The summed E-state index contributed by atoms with van der Waals surface area (Å²) in [5.41, 5.74) is 2.05. The molecule has 4 nitrogen and oxygen atoms in total. The molecule has 0 radical (unpaired) electrons. The van der Waals surface area contributed by atoms with E-state index in [1.807, 2.05) is 31.3 Å².